The van der Waals surface area contributed by atoms with Gasteiger partial charge in [0, 0.05) is 19.2 Å². The second kappa shape index (κ2) is 4.81. The van der Waals surface area contributed by atoms with Crippen LogP contribution in [-0.2, 0) is 16.3 Å². The van der Waals surface area contributed by atoms with E-state index in [0.717, 1.165) is 0 Å². The van der Waals surface area contributed by atoms with Gasteiger partial charge in [-0.1, -0.05) is 0 Å². The lowest BCUT2D eigenvalue weighted by molar-refractivity contribution is -0.537. The number of aliphatic hydroxyl groups excluding tert-OH is 2. The molecule has 0 amide bonds. The van der Waals surface area contributed by atoms with E-state index in [4.69, 9.17) is 14.5 Å². The molecule has 7 nitrogen and oxygen atoms in total. The van der Waals surface area contributed by atoms with Crippen molar-refractivity contribution in [3.05, 3.63) is 26.6 Å². The molecule has 0 aromatic carbocycles. The fourth-order valence-corrected chi connectivity index (χ4v) is 3.25. The summed E-state index contributed by atoms with van der Waals surface area (Å²) in [6.07, 6.45) is 0.314. The van der Waals surface area contributed by atoms with Crippen LogP contribution in [0.4, 0.5) is 0 Å². The zero-order valence-electron chi connectivity index (χ0n) is 10.7. The lowest BCUT2D eigenvalue weighted by Gasteiger charge is -2.52. The summed E-state index contributed by atoms with van der Waals surface area (Å²) < 4.78 is 7.25. The fraction of sp³-hybridized carbons (Fsp3) is 0.583. The maximum atomic E-state index is 12.1. The predicted molar refractivity (Wildman–Crippen MR) is 70.3 cm³/mol. The quantitative estimate of drug-likeness (QED) is 0.754. The second-order valence-electron chi connectivity index (χ2n) is 4.88. The van der Waals surface area contributed by atoms with Gasteiger partial charge in [0.15, 0.2) is 17.5 Å². The summed E-state index contributed by atoms with van der Waals surface area (Å²) in [6.45, 7) is 0.0738. The van der Waals surface area contributed by atoms with Crippen molar-refractivity contribution in [3.8, 4) is 5.75 Å². The Kier molecular flexibility index (Phi) is 3.38. The normalized spacial score (nSPS) is 31.2. The van der Waals surface area contributed by atoms with Gasteiger partial charge >= 0.3 is 0 Å². The number of nitrogens with zero attached hydrogens (tertiary/aromatic N) is 1. The number of aromatic nitrogens is 1. The van der Waals surface area contributed by atoms with E-state index in [1.165, 1.54) is 7.11 Å². The van der Waals surface area contributed by atoms with Gasteiger partial charge in [0.25, 0.3) is 0 Å². The minimum Gasteiger partial charge on any atom is -0.491 e. The fourth-order valence-electron chi connectivity index (χ4n) is 2.82. The maximum absolute atomic E-state index is 12.1. The average molecular weight is 348 g/mol. The Morgan fingerprint density at radius 2 is 2.40 bits per heavy atom. The van der Waals surface area contributed by atoms with Crippen LogP contribution in [0, 0.1) is 0 Å². The summed E-state index contributed by atoms with van der Waals surface area (Å²) in [7, 11) is 1.41. The number of methoxy groups -OCH3 is 1. The van der Waals surface area contributed by atoms with E-state index in [-0.39, 0.29) is 30.8 Å². The molecule has 3 heterocycles. The lowest BCUT2D eigenvalue weighted by Crippen LogP contribution is -2.63. The Morgan fingerprint density at radius 1 is 1.65 bits per heavy atom. The maximum Gasteiger partial charge on any atom is 0.237 e. The summed E-state index contributed by atoms with van der Waals surface area (Å²) in [4.78, 5) is 22.3. The predicted octanol–water partition coefficient (Wildman–Crippen LogP) is 0.118. The highest BCUT2D eigenvalue weighted by molar-refractivity contribution is 9.10. The minimum absolute atomic E-state index is 0.153. The topological polar surface area (TPSA) is 90.2 Å². The molecule has 1 aromatic rings. The van der Waals surface area contributed by atoms with Crippen molar-refractivity contribution in [2.75, 3.05) is 13.7 Å². The van der Waals surface area contributed by atoms with Crippen LogP contribution in [-0.4, -0.2) is 40.2 Å². The average Bonchev–Trinajstić information content (AvgIpc) is 2.39. The molecule has 3 rings (SSSR count). The zero-order valence-corrected chi connectivity index (χ0v) is 12.3. The van der Waals surface area contributed by atoms with Crippen LogP contribution in [0.3, 0.4) is 0 Å². The van der Waals surface area contributed by atoms with Crippen LogP contribution < -0.4 is 10.2 Å². The highest BCUT2D eigenvalue weighted by atomic mass is 79.9. The number of hydrogen-bond donors (Lipinski definition) is 2. The van der Waals surface area contributed by atoms with E-state index in [9.17, 15) is 15.0 Å². The zero-order chi connectivity index (χ0) is 14.5. The molecule has 0 aliphatic carbocycles. The van der Waals surface area contributed by atoms with Crippen LogP contribution in [0.25, 0.3) is 0 Å². The van der Waals surface area contributed by atoms with Gasteiger partial charge in [0.1, 0.15) is 11.8 Å². The van der Waals surface area contributed by atoms with Gasteiger partial charge in [-0.3, -0.25) is 4.79 Å². The third kappa shape index (κ3) is 1.69. The van der Waals surface area contributed by atoms with Gasteiger partial charge in [-0.25, -0.2) is 9.78 Å². The first-order chi connectivity index (χ1) is 9.55. The van der Waals surface area contributed by atoms with Crippen LogP contribution in [0.2, 0.25) is 0 Å². The molecule has 1 aromatic heterocycles. The van der Waals surface area contributed by atoms with Crippen LogP contribution >= 0.6 is 15.9 Å². The molecule has 1 saturated heterocycles. The van der Waals surface area contributed by atoms with Gasteiger partial charge in [0.05, 0.1) is 18.1 Å². The lowest BCUT2D eigenvalue weighted by atomic mass is 9.80. The number of hydrogen-bond acceptors (Lipinski definition) is 6. The Hall–Kier alpha value is -0.930. The molecule has 20 heavy (non-hydrogen) atoms. The van der Waals surface area contributed by atoms with E-state index in [1.807, 2.05) is 0 Å². The van der Waals surface area contributed by atoms with Gasteiger partial charge < -0.3 is 19.5 Å². The van der Waals surface area contributed by atoms with Gasteiger partial charge in [0.2, 0.25) is 5.43 Å². The number of ether oxygens (including phenoxy) is 1. The third-order valence-corrected chi connectivity index (χ3v) is 4.43. The summed E-state index contributed by atoms with van der Waals surface area (Å²) in [5.41, 5.74) is -0.795. The molecule has 0 radical (unpaired) electrons. The highest BCUT2D eigenvalue weighted by Gasteiger charge is 2.61. The molecule has 0 saturated carbocycles. The minimum atomic E-state index is -1.03. The van der Waals surface area contributed by atoms with E-state index >= 15 is 0 Å². The molecule has 8 heteroatoms. The molecule has 2 aliphatic heterocycles. The first-order valence-electron chi connectivity index (χ1n) is 6.15. The van der Waals surface area contributed by atoms with Crippen molar-refractivity contribution in [1.82, 2.24) is 4.57 Å². The largest absolute Gasteiger partial charge is 0.491 e. The Balaban J connectivity index is 2.18. The standard InChI is InChI=1S/C12H14BrNO6/c1-18-10-8-11-12(2-3-15,20-19-11)7(16)5-14(8)4-6(13)9(10)17/h4,7,11,15-16H,2-3,5H2,1H3. The highest BCUT2D eigenvalue weighted by Crippen LogP contribution is 2.52. The Bertz CT molecular complexity index is 602. The first kappa shape index (κ1) is 14.0. The monoisotopic (exact) mass is 347 g/mol. The smallest absolute Gasteiger partial charge is 0.237 e. The van der Waals surface area contributed by atoms with E-state index < -0.39 is 17.8 Å². The molecular formula is C12H14BrNO6. The molecule has 2 aliphatic rings. The van der Waals surface area contributed by atoms with Crippen molar-refractivity contribution in [2.45, 2.75) is 30.8 Å². The summed E-state index contributed by atoms with van der Waals surface area (Å²) in [5.74, 6) is 0.155. The molecule has 110 valence electrons. The number of aliphatic hydroxyl groups is 2. The van der Waals surface area contributed by atoms with E-state index in [2.05, 4.69) is 15.9 Å². The summed E-state index contributed by atoms with van der Waals surface area (Å²) >= 11 is 3.18. The van der Waals surface area contributed by atoms with Crippen molar-refractivity contribution in [2.24, 2.45) is 0 Å². The number of halogens is 1. The number of fused-ring (bicyclic) bond motifs is 3. The van der Waals surface area contributed by atoms with E-state index in [0.29, 0.717) is 10.2 Å². The van der Waals surface area contributed by atoms with E-state index in [1.54, 1.807) is 10.8 Å². The van der Waals surface area contributed by atoms with Gasteiger partial charge in [-0.2, -0.15) is 0 Å². The summed E-state index contributed by atoms with van der Waals surface area (Å²) in [5, 5.41) is 19.5. The molecular weight excluding hydrogens is 334 g/mol. The third-order valence-electron chi connectivity index (χ3n) is 3.87. The van der Waals surface area contributed by atoms with Crippen LogP contribution in [0.1, 0.15) is 18.2 Å². The second-order valence-corrected chi connectivity index (χ2v) is 5.74. The number of pyridine rings is 1. The molecule has 1 fully saturated rings. The van der Waals surface area contributed by atoms with Crippen molar-refractivity contribution in [3.63, 3.8) is 0 Å². The van der Waals surface area contributed by atoms with Crippen LogP contribution in [0.15, 0.2) is 15.5 Å². The molecule has 0 bridgehead atoms. The van der Waals surface area contributed by atoms with Gasteiger partial charge in [-0.15, -0.1) is 0 Å². The molecule has 0 spiro atoms. The van der Waals surface area contributed by atoms with Crippen molar-refractivity contribution in [1.29, 1.82) is 0 Å². The molecule has 3 atom stereocenters. The van der Waals surface area contributed by atoms with Crippen LogP contribution in [0.5, 0.6) is 5.75 Å². The van der Waals surface area contributed by atoms with Crippen molar-refractivity contribution < 1.29 is 24.7 Å². The number of rotatable bonds is 3. The van der Waals surface area contributed by atoms with Gasteiger partial charge in [-0.05, 0) is 15.9 Å². The molecule has 2 N–H and O–H groups in total. The first-order valence-corrected chi connectivity index (χ1v) is 6.94. The summed E-state index contributed by atoms with van der Waals surface area (Å²) in [6, 6.07) is 0. The SMILES string of the molecule is COc1c2n(cc(Br)c1=O)CC(O)C1(CCO)OOC21. The van der Waals surface area contributed by atoms with Crippen molar-refractivity contribution >= 4 is 15.9 Å². The Labute approximate surface area is 122 Å². The molecule has 3 unspecified atom stereocenters. The Morgan fingerprint density at radius 3 is 2.95 bits per heavy atom.